The minimum Gasteiger partial charge on any atom is -0.356 e. The molecule has 0 bridgehead atoms. The van der Waals surface area contributed by atoms with Crippen LogP contribution in [0.1, 0.15) is 48.2 Å². The van der Waals surface area contributed by atoms with Crippen LogP contribution in [0.2, 0.25) is 0 Å². The molecule has 1 aliphatic heterocycles. The number of aromatic nitrogens is 3. The molecule has 4 heteroatoms. The predicted octanol–water partition coefficient (Wildman–Crippen LogP) is 6.04. The van der Waals surface area contributed by atoms with Crippen LogP contribution >= 0.6 is 0 Å². The zero-order valence-corrected chi connectivity index (χ0v) is 19.5. The number of aryl methyl sites for hydroxylation is 2. The molecular weight excluding hydrogens is 404 g/mol. The lowest BCUT2D eigenvalue weighted by Crippen LogP contribution is -2.37. The topological polar surface area (TPSA) is 33.4 Å². The molecule has 1 saturated heterocycles. The minimum absolute atomic E-state index is 0.760. The van der Waals surface area contributed by atoms with Gasteiger partial charge >= 0.3 is 0 Å². The van der Waals surface area contributed by atoms with Gasteiger partial charge in [-0.05, 0) is 68.9 Å². The van der Waals surface area contributed by atoms with E-state index in [1.807, 2.05) is 0 Å². The summed E-state index contributed by atoms with van der Waals surface area (Å²) in [6.45, 7) is 4.33. The zero-order chi connectivity index (χ0) is 22.2. The third kappa shape index (κ3) is 3.82. The first kappa shape index (κ1) is 20.5. The van der Waals surface area contributed by atoms with Gasteiger partial charge in [-0.3, -0.25) is 0 Å². The highest BCUT2D eigenvalue weighted by Crippen LogP contribution is 2.37. The maximum absolute atomic E-state index is 5.21. The molecule has 0 radical (unpaired) electrons. The second-order valence-electron chi connectivity index (χ2n) is 9.75. The summed E-state index contributed by atoms with van der Waals surface area (Å²) in [7, 11) is 0. The lowest BCUT2D eigenvalue weighted by Gasteiger charge is -2.36. The molecule has 4 aromatic rings. The number of fused-ring (bicyclic) bond motifs is 2. The molecule has 168 valence electrons. The number of nitrogens with zero attached hydrogens (tertiary/aromatic N) is 4. The summed E-state index contributed by atoms with van der Waals surface area (Å²) in [4.78, 5) is 7.83. The van der Waals surface area contributed by atoms with Gasteiger partial charge in [0.1, 0.15) is 5.82 Å². The average Bonchev–Trinajstić information content (AvgIpc) is 3.19. The van der Waals surface area contributed by atoms with Crippen molar-refractivity contribution < 1.29 is 0 Å². The van der Waals surface area contributed by atoms with E-state index in [1.165, 1.54) is 65.9 Å². The SMILES string of the molecule is Cc1nn2c(N3CCC(Cc4ccccc4)CC3)c3c(nc2c1-c1ccccc1)CCCC3. The molecule has 2 aromatic heterocycles. The molecule has 4 nitrogen and oxygen atoms in total. The van der Waals surface area contributed by atoms with Gasteiger partial charge in [0, 0.05) is 29.9 Å². The van der Waals surface area contributed by atoms with Gasteiger partial charge < -0.3 is 4.90 Å². The van der Waals surface area contributed by atoms with Gasteiger partial charge in [-0.2, -0.15) is 9.61 Å². The van der Waals surface area contributed by atoms with Gasteiger partial charge in [-0.15, -0.1) is 0 Å². The standard InChI is InChI=1S/C29H32N4/c1-21-27(24-12-6-3-7-13-24)28-30-26-15-9-8-14-25(26)29(33(28)31-21)32-18-16-23(17-19-32)20-22-10-4-2-5-11-22/h2-7,10-13,23H,8-9,14-20H2,1H3. The van der Waals surface area contributed by atoms with E-state index in [4.69, 9.17) is 10.1 Å². The van der Waals surface area contributed by atoms with E-state index in [9.17, 15) is 0 Å². The van der Waals surface area contributed by atoms with Crippen LogP contribution in [0.15, 0.2) is 60.7 Å². The van der Waals surface area contributed by atoms with Crippen molar-refractivity contribution in [1.29, 1.82) is 0 Å². The van der Waals surface area contributed by atoms with E-state index in [0.29, 0.717) is 0 Å². The Balaban J connectivity index is 1.37. The largest absolute Gasteiger partial charge is 0.356 e. The Labute approximate surface area is 196 Å². The highest BCUT2D eigenvalue weighted by molar-refractivity contribution is 5.81. The van der Waals surface area contributed by atoms with E-state index in [1.54, 1.807) is 0 Å². The normalized spacial score (nSPS) is 16.8. The van der Waals surface area contributed by atoms with Gasteiger partial charge in [0.25, 0.3) is 0 Å². The summed E-state index contributed by atoms with van der Waals surface area (Å²) in [5.41, 5.74) is 8.70. The molecule has 0 atom stereocenters. The van der Waals surface area contributed by atoms with Crippen LogP contribution in [0.3, 0.4) is 0 Å². The molecule has 2 aromatic carbocycles. The maximum Gasteiger partial charge on any atom is 0.165 e. The molecule has 33 heavy (non-hydrogen) atoms. The van der Waals surface area contributed by atoms with Crippen LogP contribution in [-0.4, -0.2) is 27.7 Å². The lowest BCUT2D eigenvalue weighted by atomic mass is 9.89. The van der Waals surface area contributed by atoms with Crippen molar-refractivity contribution in [2.24, 2.45) is 5.92 Å². The highest BCUT2D eigenvalue weighted by atomic mass is 15.4. The second kappa shape index (κ2) is 8.66. The Hall–Kier alpha value is -3.14. The van der Waals surface area contributed by atoms with E-state index >= 15 is 0 Å². The van der Waals surface area contributed by atoms with Gasteiger partial charge in [0.05, 0.1) is 5.69 Å². The van der Waals surface area contributed by atoms with Crippen LogP contribution in [0.5, 0.6) is 0 Å². The third-order valence-corrected chi connectivity index (χ3v) is 7.53. The minimum atomic E-state index is 0.760. The van der Waals surface area contributed by atoms with Gasteiger partial charge in [0.2, 0.25) is 0 Å². The van der Waals surface area contributed by atoms with Crippen molar-refractivity contribution in [2.45, 2.75) is 51.9 Å². The maximum atomic E-state index is 5.21. The monoisotopic (exact) mass is 436 g/mol. The van der Waals surface area contributed by atoms with Gasteiger partial charge in [-0.25, -0.2) is 4.98 Å². The number of hydrogen-bond acceptors (Lipinski definition) is 3. The molecule has 3 heterocycles. The smallest absolute Gasteiger partial charge is 0.165 e. The van der Waals surface area contributed by atoms with Crippen molar-refractivity contribution in [1.82, 2.24) is 14.6 Å². The van der Waals surface area contributed by atoms with Crippen LogP contribution in [-0.2, 0) is 19.3 Å². The predicted molar refractivity (Wildman–Crippen MR) is 135 cm³/mol. The lowest BCUT2D eigenvalue weighted by molar-refractivity contribution is 0.400. The van der Waals surface area contributed by atoms with Crippen molar-refractivity contribution in [3.8, 4) is 11.1 Å². The number of piperidine rings is 1. The number of rotatable bonds is 4. The molecule has 6 rings (SSSR count). The van der Waals surface area contributed by atoms with Crippen molar-refractivity contribution in [3.63, 3.8) is 0 Å². The Morgan fingerprint density at radius 1 is 0.879 bits per heavy atom. The number of benzene rings is 2. The molecule has 0 saturated carbocycles. The zero-order valence-electron chi connectivity index (χ0n) is 19.5. The van der Waals surface area contributed by atoms with Gasteiger partial charge in [-0.1, -0.05) is 60.7 Å². The molecule has 0 N–H and O–H groups in total. The van der Waals surface area contributed by atoms with E-state index in [-0.39, 0.29) is 0 Å². The molecule has 2 aliphatic rings. The fraction of sp³-hybridized carbons (Fsp3) is 0.379. The van der Waals surface area contributed by atoms with E-state index < -0.39 is 0 Å². The van der Waals surface area contributed by atoms with Gasteiger partial charge in [0.15, 0.2) is 5.65 Å². The Bertz CT molecular complexity index is 1250. The summed E-state index contributed by atoms with van der Waals surface area (Å²) >= 11 is 0. The average molecular weight is 437 g/mol. The first-order valence-corrected chi connectivity index (χ1v) is 12.5. The first-order chi connectivity index (χ1) is 16.3. The van der Waals surface area contributed by atoms with Crippen LogP contribution in [0.4, 0.5) is 5.82 Å². The van der Waals surface area contributed by atoms with Crippen molar-refractivity contribution in [2.75, 3.05) is 18.0 Å². The first-order valence-electron chi connectivity index (χ1n) is 12.5. The van der Waals surface area contributed by atoms with E-state index in [0.717, 1.165) is 43.2 Å². The third-order valence-electron chi connectivity index (χ3n) is 7.53. The second-order valence-corrected chi connectivity index (χ2v) is 9.75. The Kier molecular flexibility index (Phi) is 5.37. The molecule has 1 fully saturated rings. The molecule has 0 unspecified atom stereocenters. The Morgan fingerprint density at radius 3 is 2.33 bits per heavy atom. The van der Waals surface area contributed by atoms with Crippen LogP contribution in [0.25, 0.3) is 16.8 Å². The molecular formula is C29H32N4. The molecule has 1 aliphatic carbocycles. The summed E-state index contributed by atoms with van der Waals surface area (Å²) in [6, 6.07) is 21.6. The summed E-state index contributed by atoms with van der Waals surface area (Å²) in [5, 5.41) is 5.07. The highest BCUT2D eigenvalue weighted by Gasteiger charge is 2.28. The van der Waals surface area contributed by atoms with E-state index in [2.05, 4.69) is 77.0 Å². The van der Waals surface area contributed by atoms with Crippen molar-refractivity contribution in [3.05, 3.63) is 83.2 Å². The number of anilines is 1. The summed E-state index contributed by atoms with van der Waals surface area (Å²) < 4.78 is 2.18. The fourth-order valence-electron chi connectivity index (χ4n) is 5.84. The molecule has 0 spiro atoms. The quantitative estimate of drug-likeness (QED) is 0.391. The summed E-state index contributed by atoms with van der Waals surface area (Å²) in [5.74, 6) is 2.08. The van der Waals surface area contributed by atoms with Crippen LogP contribution in [0, 0.1) is 12.8 Å². The number of hydrogen-bond donors (Lipinski definition) is 0. The van der Waals surface area contributed by atoms with Crippen molar-refractivity contribution >= 4 is 11.5 Å². The Morgan fingerprint density at radius 2 is 1.58 bits per heavy atom. The van der Waals surface area contributed by atoms with Crippen LogP contribution < -0.4 is 4.90 Å². The molecule has 0 amide bonds. The fourth-order valence-corrected chi connectivity index (χ4v) is 5.84. The summed E-state index contributed by atoms with van der Waals surface area (Å²) in [6.07, 6.45) is 8.36.